The number of ether oxygens (including phenoxy) is 1. The van der Waals surface area contributed by atoms with Crippen molar-refractivity contribution in [1.29, 1.82) is 0 Å². The summed E-state index contributed by atoms with van der Waals surface area (Å²) in [4.78, 5) is 26.3. The van der Waals surface area contributed by atoms with Gasteiger partial charge in [0.25, 0.3) is 5.91 Å². The van der Waals surface area contributed by atoms with Crippen molar-refractivity contribution >= 4 is 11.9 Å². The third kappa shape index (κ3) is 5.37. The van der Waals surface area contributed by atoms with Crippen molar-refractivity contribution in [3.8, 4) is 5.75 Å². The molecule has 1 rings (SSSR count). The van der Waals surface area contributed by atoms with Crippen LogP contribution in [0.1, 0.15) is 36.2 Å². The van der Waals surface area contributed by atoms with Crippen LogP contribution in [0.5, 0.6) is 5.75 Å². The molecule has 0 aromatic carbocycles. The van der Waals surface area contributed by atoms with Crippen molar-refractivity contribution in [2.45, 2.75) is 25.7 Å². The minimum absolute atomic E-state index is 0.0251. The van der Waals surface area contributed by atoms with E-state index in [1.54, 1.807) is 6.07 Å². The molecule has 19 heavy (non-hydrogen) atoms. The Kier molecular flexibility index (Phi) is 6.35. The van der Waals surface area contributed by atoms with Crippen LogP contribution in [0.3, 0.4) is 0 Å². The molecule has 0 bridgehead atoms. The lowest BCUT2D eigenvalue weighted by Crippen LogP contribution is -2.25. The Hall–Kier alpha value is -2.11. The number of nitrogens with one attached hydrogen (secondary N) is 1. The van der Waals surface area contributed by atoms with Crippen LogP contribution in [0, 0.1) is 0 Å². The largest absolute Gasteiger partial charge is 0.505 e. The third-order valence-corrected chi connectivity index (χ3v) is 2.57. The summed E-state index contributed by atoms with van der Waals surface area (Å²) in [6.07, 6.45) is 4.16. The predicted octanol–water partition coefficient (Wildman–Crippen LogP) is 1.25. The summed E-state index contributed by atoms with van der Waals surface area (Å²) in [5, 5.41) is 12.1. The number of hydrogen-bond donors (Lipinski definition) is 2. The van der Waals surface area contributed by atoms with Gasteiger partial charge in [-0.05, 0) is 25.0 Å². The highest BCUT2D eigenvalue weighted by Crippen LogP contribution is 2.11. The molecule has 1 amide bonds. The number of rotatable bonds is 7. The Morgan fingerprint density at radius 3 is 2.84 bits per heavy atom. The number of esters is 1. The average molecular weight is 266 g/mol. The number of carbonyl (C=O) groups is 2. The molecule has 6 heteroatoms. The lowest BCUT2D eigenvalue weighted by Gasteiger charge is -2.05. The molecule has 1 heterocycles. The van der Waals surface area contributed by atoms with Crippen molar-refractivity contribution in [3.05, 3.63) is 24.0 Å². The Balaban J connectivity index is 2.18. The Morgan fingerprint density at radius 1 is 1.37 bits per heavy atom. The van der Waals surface area contributed by atoms with Gasteiger partial charge in [0, 0.05) is 19.2 Å². The summed E-state index contributed by atoms with van der Waals surface area (Å²) in [6, 6.07) is 2.97. The highest BCUT2D eigenvalue weighted by molar-refractivity contribution is 5.94. The maximum Gasteiger partial charge on any atom is 0.305 e. The Bertz CT molecular complexity index is 434. The smallest absolute Gasteiger partial charge is 0.305 e. The van der Waals surface area contributed by atoms with Crippen LogP contribution in [0.4, 0.5) is 0 Å². The molecule has 0 aliphatic rings. The maximum atomic E-state index is 11.6. The second-order valence-electron chi connectivity index (χ2n) is 4.01. The molecule has 1 aromatic rings. The highest BCUT2D eigenvalue weighted by atomic mass is 16.5. The van der Waals surface area contributed by atoms with E-state index < -0.39 is 5.91 Å². The van der Waals surface area contributed by atoms with Crippen LogP contribution >= 0.6 is 0 Å². The van der Waals surface area contributed by atoms with Gasteiger partial charge in [0.05, 0.1) is 7.11 Å². The number of carbonyl (C=O) groups excluding carboxylic acids is 2. The van der Waals surface area contributed by atoms with E-state index in [9.17, 15) is 14.7 Å². The van der Waals surface area contributed by atoms with Gasteiger partial charge in [-0.1, -0.05) is 6.42 Å². The van der Waals surface area contributed by atoms with Crippen molar-refractivity contribution in [2.75, 3.05) is 13.7 Å². The third-order valence-electron chi connectivity index (χ3n) is 2.57. The molecule has 0 aliphatic heterocycles. The van der Waals surface area contributed by atoms with Gasteiger partial charge in [-0.3, -0.25) is 9.59 Å². The topological polar surface area (TPSA) is 88.5 Å². The summed E-state index contributed by atoms with van der Waals surface area (Å²) in [6.45, 7) is 0.482. The van der Waals surface area contributed by atoms with Crippen LogP contribution in [-0.4, -0.2) is 35.6 Å². The van der Waals surface area contributed by atoms with E-state index in [1.165, 1.54) is 19.4 Å². The van der Waals surface area contributed by atoms with Crippen LogP contribution in [0.2, 0.25) is 0 Å². The lowest BCUT2D eigenvalue weighted by atomic mass is 10.2. The molecule has 0 spiro atoms. The Morgan fingerprint density at radius 2 is 2.16 bits per heavy atom. The first-order chi connectivity index (χ1) is 9.15. The number of hydrogen-bond acceptors (Lipinski definition) is 5. The summed E-state index contributed by atoms with van der Waals surface area (Å²) < 4.78 is 4.52. The second-order valence-corrected chi connectivity index (χ2v) is 4.01. The first kappa shape index (κ1) is 14.9. The summed E-state index contributed by atoms with van der Waals surface area (Å²) >= 11 is 0. The van der Waals surface area contributed by atoms with E-state index in [0.29, 0.717) is 13.0 Å². The van der Waals surface area contributed by atoms with Gasteiger partial charge in [-0.15, -0.1) is 0 Å². The fraction of sp³-hybridized carbons (Fsp3) is 0.462. The fourth-order valence-corrected chi connectivity index (χ4v) is 1.53. The molecule has 0 unspecified atom stereocenters. The second kappa shape index (κ2) is 8.07. The SMILES string of the molecule is COC(=O)CCCCCNC(=O)c1ncccc1O. The van der Waals surface area contributed by atoms with E-state index in [1.807, 2.05) is 0 Å². The molecule has 2 N–H and O–H groups in total. The van der Waals surface area contributed by atoms with Gasteiger partial charge >= 0.3 is 5.97 Å². The molecular formula is C13H18N2O4. The quantitative estimate of drug-likeness (QED) is 0.572. The van der Waals surface area contributed by atoms with E-state index in [4.69, 9.17) is 0 Å². The Labute approximate surface area is 111 Å². The molecule has 6 nitrogen and oxygen atoms in total. The highest BCUT2D eigenvalue weighted by Gasteiger charge is 2.10. The molecule has 1 aromatic heterocycles. The van der Waals surface area contributed by atoms with Crippen LogP contribution in [0.25, 0.3) is 0 Å². The molecule has 0 radical (unpaired) electrons. The zero-order valence-corrected chi connectivity index (χ0v) is 10.9. The van der Waals surface area contributed by atoms with Crippen molar-refractivity contribution < 1.29 is 19.4 Å². The van der Waals surface area contributed by atoms with Crippen molar-refractivity contribution in [1.82, 2.24) is 10.3 Å². The number of aromatic hydroxyl groups is 1. The molecule has 0 saturated carbocycles. The number of nitrogens with zero attached hydrogens (tertiary/aromatic N) is 1. The predicted molar refractivity (Wildman–Crippen MR) is 68.7 cm³/mol. The lowest BCUT2D eigenvalue weighted by molar-refractivity contribution is -0.140. The summed E-state index contributed by atoms with van der Waals surface area (Å²) in [7, 11) is 1.36. The van der Waals surface area contributed by atoms with Crippen LogP contribution < -0.4 is 5.32 Å². The molecule has 0 aliphatic carbocycles. The number of pyridine rings is 1. The zero-order chi connectivity index (χ0) is 14.1. The van der Waals surface area contributed by atoms with Crippen molar-refractivity contribution in [2.24, 2.45) is 0 Å². The van der Waals surface area contributed by atoms with E-state index in [0.717, 1.165) is 19.3 Å². The van der Waals surface area contributed by atoms with Gasteiger partial charge in [0.2, 0.25) is 0 Å². The summed E-state index contributed by atoms with van der Waals surface area (Å²) in [5.74, 6) is -0.751. The van der Waals surface area contributed by atoms with E-state index in [-0.39, 0.29) is 17.4 Å². The monoisotopic (exact) mass is 266 g/mol. The van der Waals surface area contributed by atoms with Crippen LogP contribution in [0.15, 0.2) is 18.3 Å². The number of methoxy groups -OCH3 is 1. The van der Waals surface area contributed by atoms with Gasteiger partial charge in [0.15, 0.2) is 5.69 Å². The number of aromatic nitrogens is 1. The number of unbranched alkanes of at least 4 members (excludes halogenated alkanes) is 2. The zero-order valence-electron chi connectivity index (χ0n) is 10.9. The summed E-state index contributed by atoms with van der Waals surface area (Å²) in [5.41, 5.74) is 0.0251. The average Bonchev–Trinajstić information content (AvgIpc) is 2.42. The molecule has 0 atom stereocenters. The van der Waals surface area contributed by atoms with Gasteiger partial charge in [-0.25, -0.2) is 4.98 Å². The van der Waals surface area contributed by atoms with Gasteiger partial charge in [0.1, 0.15) is 5.75 Å². The minimum atomic E-state index is -0.397. The first-order valence-corrected chi connectivity index (χ1v) is 6.14. The number of amides is 1. The molecule has 0 fully saturated rings. The van der Waals surface area contributed by atoms with Crippen LogP contribution in [-0.2, 0) is 9.53 Å². The molecular weight excluding hydrogens is 248 g/mol. The van der Waals surface area contributed by atoms with E-state index in [2.05, 4.69) is 15.0 Å². The fourth-order valence-electron chi connectivity index (χ4n) is 1.53. The maximum absolute atomic E-state index is 11.6. The van der Waals surface area contributed by atoms with Crippen molar-refractivity contribution in [3.63, 3.8) is 0 Å². The minimum Gasteiger partial charge on any atom is -0.505 e. The van der Waals surface area contributed by atoms with Gasteiger partial charge < -0.3 is 15.2 Å². The molecule has 0 saturated heterocycles. The van der Waals surface area contributed by atoms with Gasteiger partial charge in [-0.2, -0.15) is 0 Å². The normalized spacial score (nSPS) is 9.95. The first-order valence-electron chi connectivity index (χ1n) is 6.14. The molecule has 104 valence electrons. The van der Waals surface area contributed by atoms with E-state index >= 15 is 0 Å². The standard InChI is InChI=1S/C13H18N2O4/c1-19-11(17)7-3-2-4-8-15-13(18)12-10(16)6-5-9-14-12/h5-6,9,16H,2-4,7-8H2,1H3,(H,15,18).